The van der Waals surface area contributed by atoms with Crippen molar-refractivity contribution in [1.29, 1.82) is 0 Å². The first-order chi connectivity index (χ1) is 17.1. The van der Waals surface area contributed by atoms with Crippen LogP contribution < -0.4 is 14.8 Å². The highest BCUT2D eigenvalue weighted by Gasteiger charge is 2.37. The van der Waals surface area contributed by atoms with Gasteiger partial charge in [-0.1, -0.05) is 59.5 Å². The molecule has 35 heavy (non-hydrogen) atoms. The number of aryl methyl sites for hydroxylation is 1. The molecule has 1 aliphatic carbocycles. The molecule has 0 unspecified atom stereocenters. The van der Waals surface area contributed by atoms with E-state index in [2.05, 4.69) is 77.8 Å². The third kappa shape index (κ3) is 4.65. The molecule has 5 rings (SSSR count). The van der Waals surface area contributed by atoms with Crippen LogP contribution in [0.2, 0.25) is 5.02 Å². The average molecular weight is 483 g/mol. The Morgan fingerprint density at radius 2 is 2.00 bits per heavy atom. The van der Waals surface area contributed by atoms with E-state index in [1.807, 2.05) is 6.07 Å². The molecule has 2 aliphatic rings. The molecule has 0 aromatic heterocycles. The Hall–Kier alpha value is -3.68. The number of halogens is 1. The normalized spacial score (nSPS) is 20.1. The maximum Gasteiger partial charge on any atom is 0.181 e. The van der Waals surface area contributed by atoms with Gasteiger partial charge in [-0.3, -0.25) is 4.99 Å². The lowest BCUT2D eigenvalue weighted by molar-refractivity contribution is 0.331. The number of terminal acetylenes is 1. The van der Waals surface area contributed by atoms with Gasteiger partial charge in [0.2, 0.25) is 0 Å². The molecule has 3 aromatic rings. The number of hydrogen-bond donors (Lipinski definition) is 1. The Balaban J connectivity index is 1.35. The summed E-state index contributed by atoms with van der Waals surface area (Å²) < 4.78 is 10.9. The average Bonchev–Trinajstić information content (AvgIpc) is 3.37. The summed E-state index contributed by atoms with van der Waals surface area (Å²) in [5.41, 5.74) is 6.89. The predicted molar refractivity (Wildman–Crippen MR) is 144 cm³/mol. The summed E-state index contributed by atoms with van der Waals surface area (Å²) >= 11 is 6.38. The van der Waals surface area contributed by atoms with Crippen LogP contribution in [0.25, 0.3) is 0 Å². The fourth-order valence-electron chi connectivity index (χ4n) is 5.03. The number of anilines is 1. The first kappa shape index (κ1) is 23.1. The maximum absolute atomic E-state index is 6.38. The largest absolute Gasteiger partial charge is 0.493 e. The van der Waals surface area contributed by atoms with Gasteiger partial charge >= 0.3 is 0 Å². The van der Waals surface area contributed by atoms with Crippen LogP contribution in [0.15, 0.2) is 71.7 Å². The zero-order valence-electron chi connectivity index (χ0n) is 19.8. The van der Waals surface area contributed by atoms with Crippen LogP contribution in [0, 0.1) is 25.2 Å². The third-order valence-electron chi connectivity index (χ3n) is 6.68. The second kappa shape index (κ2) is 9.90. The zero-order chi connectivity index (χ0) is 24.4. The highest BCUT2D eigenvalue weighted by molar-refractivity contribution is 6.32. The number of hydrogen-bond acceptors (Lipinski definition) is 4. The van der Waals surface area contributed by atoms with Crippen LogP contribution in [0.1, 0.15) is 40.6 Å². The lowest BCUT2D eigenvalue weighted by Gasteiger charge is -2.37. The second-order valence-electron chi connectivity index (χ2n) is 8.94. The highest BCUT2D eigenvalue weighted by atomic mass is 35.5. The first-order valence-electron chi connectivity index (χ1n) is 11.7. The van der Waals surface area contributed by atoms with Crippen molar-refractivity contribution in [3.63, 3.8) is 0 Å². The molecule has 3 atom stereocenters. The Bertz CT molecular complexity index is 1340. The van der Waals surface area contributed by atoms with Crippen molar-refractivity contribution in [3.8, 4) is 23.8 Å². The van der Waals surface area contributed by atoms with E-state index in [9.17, 15) is 0 Å². The topological polar surface area (TPSA) is 42.8 Å². The molecule has 1 N–H and O–H groups in total. The van der Waals surface area contributed by atoms with Gasteiger partial charge in [0, 0.05) is 17.8 Å². The molecular formula is C30H27ClN2O2. The molecule has 1 heterocycles. The molecule has 0 bridgehead atoms. The quantitative estimate of drug-likeness (QED) is 0.228. The van der Waals surface area contributed by atoms with E-state index in [-0.39, 0.29) is 12.6 Å². The van der Waals surface area contributed by atoms with Crippen molar-refractivity contribution in [3.05, 3.63) is 94.0 Å². The predicted octanol–water partition coefficient (Wildman–Crippen LogP) is 7.25. The van der Waals surface area contributed by atoms with E-state index in [1.54, 1.807) is 19.4 Å². The standard InChI is InChI=1S/C30H27ClN2O2/c1-4-14-35-30-26(31)16-20(17-28(30)34-3)18-32-22-11-9-21(10-12-22)29-24-7-5-6-23(24)25-15-19(2)8-13-27(25)33-29/h1,5-6,8-13,15-18,23-24,29,33H,7,14H2,2-3H3/t23-,24+,29-/m0/s1. The minimum absolute atomic E-state index is 0.120. The Morgan fingerprint density at radius 3 is 2.77 bits per heavy atom. The molecular weight excluding hydrogens is 456 g/mol. The van der Waals surface area contributed by atoms with Crippen molar-refractivity contribution in [1.82, 2.24) is 0 Å². The third-order valence-corrected chi connectivity index (χ3v) is 6.97. The summed E-state index contributed by atoms with van der Waals surface area (Å²) in [4.78, 5) is 4.64. The van der Waals surface area contributed by atoms with Crippen molar-refractivity contribution < 1.29 is 9.47 Å². The summed E-state index contributed by atoms with van der Waals surface area (Å²) in [7, 11) is 1.57. The minimum atomic E-state index is 0.120. The lowest BCUT2D eigenvalue weighted by atomic mass is 9.76. The molecule has 0 radical (unpaired) electrons. The highest BCUT2D eigenvalue weighted by Crippen LogP contribution is 2.50. The molecule has 0 fully saturated rings. The smallest absolute Gasteiger partial charge is 0.181 e. The summed E-state index contributed by atoms with van der Waals surface area (Å²) in [6.07, 6.45) is 12.8. The molecule has 1 aliphatic heterocycles. The van der Waals surface area contributed by atoms with Gasteiger partial charge < -0.3 is 14.8 Å². The number of ether oxygens (including phenoxy) is 2. The van der Waals surface area contributed by atoms with Gasteiger partial charge in [0.05, 0.1) is 23.9 Å². The van der Waals surface area contributed by atoms with Crippen LogP contribution in [0.4, 0.5) is 11.4 Å². The minimum Gasteiger partial charge on any atom is -0.493 e. The molecule has 4 nitrogen and oxygen atoms in total. The van der Waals surface area contributed by atoms with Crippen molar-refractivity contribution in [2.24, 2.45) is 10.9 Å². The first-order valence-corrected chi connectivity index (χ1v) is 12.1. The molecule has 0 saturated heterocycles. The molecule has 0 spiro atoms. The summed E-state index contributed by atoms with van der Waals surface area (Å²) in [5.74, 6) is 4.36. The van der Waals surface area contributed by atoms with Crippen LogP contribution in [-0.2, 0) is 0 Å². The Morgan fingerprint density at radius 1 is 1.17 bits per heavy atom. The fourth-order valence-corrected chi connectivity index (χ4v) is 5.30. The summed E-state index contributed by atoms with van der Waals surface area (Å²) in [5, 5.41) is 4.22. The second-order valence-corrected chi connectivity index (χ2v) is 9.35. The number of nitrogens with one attached hydrogen (secondary N) is 1. The number of methoxy groups -OCH3 is 1. The van der Waals surface area contributed by atoms with Gasteiger partial charge in [-0.05, 0) is 66.3 Å². The van der Waals surface area contributed by atoms with Gasteiger partial charge in [-0.15, -0.1) is 6.42 Å². The Labute approximate surface area is 211 Å². The zero-order valence-corrected chi connectivity index (χ0v) is 20.5. The number of aliphatic imine (C=N–C) groups is 1. The summed E-state index contributed by atoms with van der Waals surface area (Å²) in [6.45, 7) is 2.28. The number of allylic oxidation sites excluding steroid dienone is 2. The monoisotopic (exact) mass is 482 g/mol. The summed E-state index contributed by atoms with van der Waals surface area (Å²) in [6, 6.07) is 19.0. The van der Waals surface area contributed by atoms with Crippen LogP contribution in [0.5, 0.6) is 11.5 Å². The van der Waals surface area contributed by atoms with Gasteiger partial charge in [0.25, 0.3) is 0 Å². The van der Waals surface area contributed by atoms with E-state index in [0.717, 1.165) is 17.7 Å². The number of fused-ring (bicyclic) bond motifs is 3. The van der Waals surface area contributed by atoms with E-state index in [4.69, 9.17) is 27.5 Å². The van der Waals surface area contributed by atoms with Crippen molar-refractivity contribution in [2.45, 2.75) is 25.3 Å². The van der Waals surface area contributed by atoms with Crippen molar-refractivity contribution in [2.75, 3.05) is 19.0 Å². The molecule has 0 saturated carbocycles. The van der Waals surface area contributed by atoms with Crippen LogP contribution in [-0.4, -0.2) is 19.9 Å². The molecule has 176 valence electrons. The van der Waals surface area contributed by atoms with E-state index < -0.39 is 0 Å². The Kier molecular flexibility index (Phi) is 6.53. The molecule has 0 amide bonds. The number of rotatable bonds is 6. The van der Waals surface area contributed by atoms with Crippen LogP contribution >= 0.6 is 11.6 Å². The van der Waals surface area contributed by atoms with Gasteiger partial charge in [0.15, 0.2) is 11.5 Å². The molecule has 3 aromatic carbocycles. The van der Waals surface area contributed by atoms with E-state index in [1.165, 1.54) is 22.4 Å². The van der Waals surface area contributed by atoms with Gasteiger partial charge in [-0.2, -0.15) is 0 Å². The van der Waals surface area contributed by atoms with Gasteiger partial charge in [-0.25, -0.2) is 0 Å². The van der Waals surface area contributed by atoms with E-state index in [0.29, 0.717) is 28.4 Å². The maximum atomic E-state index is 6.38. The lowest BCUT2D eigenvalue weighted by Crippen LogP contribution is -2.29. The molecule has 5 heteroatoms. The SMILES string of the molecule is C#CCOc1c(Cl)cc(C=Nc2ccc([C@@H]3Nc4ccc(C)cc4[C@H]4C=CC[C@H]43)cc2)cc1OC. The van der Waals surface area contributed by atoms with Crippen molar-refractivity contribution >= 4 is 29.2 Å². The van der Waals surface area contributed by atoms with E-state index >= 15 is 0 Å². The van der Waals surface area contributed by atoms with Crippen LogP contribution in [0.3, 0.4) is 0 Å². The number of benzene rings is 3. The fraction of sp³-hybridized carbons (Fsp3) is 0.233. The number of nitrogens with zero attached hydrogens (tertiary/aromatic N) is 1. The van der Waals surface area contributed by atoms with Gasteiger partial charge in [0.1, 0.15) is 6.61 Å².